The molecule has 0 aliphatic carbocycles. The number of rotatable bonds is 5. The Morgan fingerprint density at radius 2 is 2.05 bits per heavy atom. The number of benzene rings is 1. The Morgan fingerprint density at radius 1 is 1.35 bits per heavy atom. The third kappa shape index (κ3) is 4.01. The van der Waals surface area contributed by atoms with Crippen molar-refractivity contribution in [1.82, 2.24) is 10.2 Å². The van der Waals surface area contributed by atoms with Crippen molar-refractivity contribution in [3.8, 4) is 0 Å². The average Bonchev–Trinajstić information content (AvgIpc) is 2.46. The quantitative estimate of drug-likeness (QED) is 0.868. The number of halogens is 1. The second-order valence-corrected chi connectivity index (χ2v) is 5.87. The highest BCUT2D eigenvalue weighted by Gasteiger charge is 2.20. The summed E-state index contributed by atoms with van der Waals surface area (Å²) in [5, 5.41) is 12.6. The van der Waals surface area contributed by atoms with Gasteiger partial charge in [0.05, 0.1) is 6.61 Å². The number of piperidine rings is 1. The standard InChI is InChI=1S/C16H25FN2O/c1-12(2)19-7-5-15(6-8-19)18-10-13-3-4-16(17)14(9-13)11-20/h3-4,9,12,15,18,20H,5-8,10-11H2,1-2H3. The molecule has 1 heterocycles. The molecule has 1 fully saturated rings. The predicted octanol–water partition coefficient (Wildman–Crippen LogP) is 2.28. The highest BCUT2D eigenvalue weighted by molar-refractivity contribution is 5.24. The van der Waals surface area contributed by atoms with Crippen molar-refractivity contribution >= 4 is 0 Å². The van der Waals surface area contributed by atoms with Gasteiger partial charge in [0.15, 0.2) is 0 Å². The summed E-state index contributed by atoms with van der Waals surface area (Å²) in [4.78, 5) is 2.50. The third-order valence-corrected chi connectivity index (χ3v) is 4.14. The Bertz CT molecular complexity index is 428. The maximum atomic E-state index is 13.3. The van der Waals surface area contributed by atoms with Crippen LogP contribution in [0.4, 0.5) is 4.39 Å². The molecule has 20 heavy (non-hydrogen) atoms. The lowest BCUT2D eigenvalue weighted by atomic mass is 10.0. The Kier molecular flexibility index (Phi) is 5.52. The van der Waals surface area contributed by atoms with Gasteiger partial charge < -0.3 is 15.3 Å². The zero-order valence-electron chi connectivity index (χ0n) is 12.4. The first-order valence-electron chi connectivity index (χ1n) is 7.45. The van der Waals surface area contributed by atoms with Crippen LogP contribution in [0.1, 0.15) is 37.8 Å². The number of hydrogen-bond donors (Lipinski definition) is 2. The monoisotopic (exact) mass is 280 g/mol. The summed E-state index contributed by atoms with van der Waals surface area (Å²) < 4.78 is 13.3. The molecule has 0 bridgehead atoms. The summed E-state index contributed by atoms with van der Waals surface area (Å²) in [5.41, 5.74) is 1.40. The first-order valence-corrected chi connectivity index (χ1v) is 7.45. The lowest BCUT2D eigenvalue weighted by molar-refractivity contribution is 0.161. The predicted molar refractivity (Wildman–Crippen MR) is 78.9 cm³/mol. The van der Waals surface area contributed by atoms with E-state index < -0.39 is 0 Å². The van der Waals surface area contributed by atoms with Gasteiger partial charge in [0.2, 0.25) is 0 Å². The van der Waals surface area contributed by atoms with E-state index in [1.54, 1.807) is 12.1 Å². The number of aliphatic hydroxyl groups excluding tert-OH is 1. The van der Waals surface area contributed by atoms with Crippen molar-refractivity contribution in [3.05, 3.63) is 35.1 Å². The van der Waals surface area contributed by atoms with Crippen LogP contribution in [0.15, 0.2) is 18.2 Å². The number of aliphatic hydroxyl groups is 1. The smallest absolute Gasteiger partial charge is 0.128 e. The van der Waals surface area contributed by atoms with Crippen LogP contribution in [-0.2, 0) is 13.2 Å². The Morgan fingerprint density at radius 3 is 2.65 bits per heavy atom. The Hall–Kier alpha value is -0.970. The minimum atomic E-state index is -0.332. The highest BCUT2D eigenvalue weighted by Crippen LogP contribution is 2.15. The van der Waals surface area contributed by atoms with Gasteiger partial charge in [0.1, 0.15) is 5.82 Å². The van der Waals surface area contributed by atoms with Crippen molar-refractivity contribution in [2.24, 2.45) is 0 Å². The first kappa shape index (κ1) is 15.4. The summed E-state index contributed by atoms with van der Waals surface area (Å²) in [6.45, 7) is 7.25. The fourth-order valence-electron chi connectivity index (χ4n) is 2.74. The van der Waals surface area contributed by atoms with Crippen LogP contribution >= 0.6 is 0 Å². The fourth-order valence-corrected chi connectivity index (χ4v) is 2.74. The van der Waals surface area contributed by atoms with Crippen molar-refractivity contribution in [1.29, 1.82) is 0 Å². The van der Waals surface area contributed by atoms with Gasteiger partial charge in [-0.2, -0.15) is 0 Å². The summed E-state index contributed by atoms with van der Waals surface area (Å²) in [7, 11) is 0. The van der Waals surface area contributed by atoms with E-state index in [1.165, 1.54) is 6.07 Å². The minimum absolute atomic E-state index is 0.244. The van der Waals surface area contributed by atoms with Crippen LogP contribution < -0.4 is 5.32 Å². The molecule has 1 aliphatic rings. The van der Waals surface area contributed by atoms with E-state index in [9.17, 15) is 4.39 Å². The molecular weight excluding hydrogens is 255 g/mol. The lowest BCUT2D eigenvalue weighted by Gasteiger charge is -2.35. The van der Waals surface area contributed by atoms with Crippen LogP contribution in [0, 0.1) is 5.82 Å². The van der Waals surface area contributed by atoms with Crippen molar-refractivity contribution in [2.75, 3.05) is 13.1 Å². The summed E-state index contributed by atoms with van der Waals surface area (Å²) >= 11 is 0. The van der Waals surface area contributed by atoms with E-state index in [1.807, 2.05) is 0 Å². The molecule has 0 amide bonds. The molecule has 4 heteroatoms. The zero-order valence-corrected chi connectivity index (χ0v) is 12.4. The van der Waals surface area contributed by atoms with Crippen LogP contribution in [0.25, 0.3) is 0 Å². The first-order chi connectivity index (χ1) is 9.60. The molecule has 1 aliphatic heterocycles. The van der Waals surface area contributed by atoms with Gasteiger partial charge in [-0.1, -0.05) is 6.07 Å². The van der Waals surface area contributed by atoms with Crippen molar-refractivity contribution in [2.45, 2.75) is 51.9 Å². The number of nitrogens with zero attached hydrogens (tertiary/aromatic N) is 1. The molecule has 0 unspecified atom stereocenters. The van der Waals surface area contributed by atoms with E-state index in [-0.39, 0.29) is 12.4 Å². The van der Waals surface area contributed by atoms with Gasteiger partial charge in [0, 0.05) is 24.2 Å². The topological polar surface area (TPSA) is 35.5 Å². The van der Waals surface area contributed by atoms with E-state index in [0.717, 1.165) is 38.0 Å². The second kappa shape index (κ2) is 7.16. The highest BCUT2D eigenvalue weighted by atomic mass is 19.1. The number of likely N-dealkylation sites (tertiary alicyclic amines) is 1. The molecule has 3 nitrogen and oxygen atoms in total. The molecule has 0 saturated carbocycles. The normalized spacial score (nSPS) is 17.9. The maximum Gasteiger partial charge on any atom is 0.128 e. The largest absolute Gasteiger partial charge is 0.392 e. The second-order valence-electron chi connectivity index (χ2n) is 5.87. The molecule has 1 aromatic carbocycles. The van der Waals surface area contributed by atoms with Crippen molar-refractivity contribution in [3.63, 3.8) is 0 Å². The van der Waals surface area contributed by atoms with Crippen molar-refractivity contribution < 1.29 is 9.50 Å². The minimum Gasteiger partial charge on any atom is -0.392 e. The zero-order chi connectivity index (χ0) is 14.5. The lowest BCUT2D eigenvalue weighted by Crippen LogP contribution is -2.44. The van der Waals surface area contributed by atoms with Gasteiger partial charge >= 0.3 is 0 Å². The number of nitrogens with one attached hydrogen (secondary N) is 1. The van der Waals surface area contributed by atoms with Gasteiger partial charge in [-0.15, -0.1) is 0 Å². The summed E-state index contributed by atoms with van der Waals surface area (Å²) in [6, 6.07) is 6.12. The van der Waals surface area contributed by atoms with E-state index >= 15 is 0 Å². The molecule has 1 saturated heterocycles. The van der Waals surface area contributed by atoms with Crippen LogP contribution in [0.2, 0.25) is 0 Å². The van der Waals surface area contributed by atoms with E-state index in [4.69, 9.17) is 5.11 Å². The molecule has 0 spiro atoms. The molecule has 112 valence electrons. The van der Waals surface area contributed by atoms with Crippen LogP contribution in [0.5, 0.6) is 0 Å². The molecule has 0 aromatic heterocycles. The maximum absolute atomic E-state index is 13.3. The van der Waals surface area contributed by atoms with E-state index in [0.29, 0.717) is 17.6 Å². The SMILES string of the molecule is CC(C)N1CCC(NCc2ccc(F)c(CO)c2)CC1. The summed E-state index contributed by atoms with van der Waals surface area (Å²) in [5.74, 6) is -0.332. The van der Waals surface area contributed by atoms with Crippen LogP contribution in [0.3, 0.4) is 0 Å². The summed E-state index contributed by atoms with van der Waals surface area (Å²) in [6.07, 6.45) is 2.32. The molecule has 1 aromatic rings. The van der Waals surface area contributed by atoms with E-state index in [2.05, 4.69) is 24.1 Å². The van der Waals surface area contributed by atoms with Gasteiger partial charge in [0.25, 0.3) is 0 Å². The molecule has 2 rings (SSSR count). The van der Waals surface area contributed by atoms with Crippen LogP contribution in [-0.4, -0.2) is 35.2 Å². The Balaban J connectivity index is 1.81. The fraction of sp³-hybridized carbons (Fsp3) is 0.625. The third-order valence-electron chi connectivity index (χ3n) is 4.14. The van der Waals surface area contributed by atoms with Gasteiger partial charge in [-0.3, -0.25) is 0 Å². The molecule has 0 atom stereocenters. The molecule has 2 N–H and O–H groups in total. The molecular formula is C16H25FN2O. The Labute approximate surface area is 120 Å². The molecule has 0 radical (unpaired) electrons. The average molecular weight is 280 g/mol. The van der Waals surface area contributed by atoms with Gasteiger partial charge in [-0.25, -0.2) is 4.39 Å². The number of hydrogen-bond acceptors (Lipinski definition) is 3. The van der Waals surface area contributed by atoms with Gasteiger partial charge in [-0.05, 0) is 57.5 Å².